The summed E-state index contributed by atoms with van der Waals surface area (Å²) in [7, 11) is 2.10. The van der Waals surface area contributed by atoms with Gasteiger partial charge in [-0.3, -0.25) is 0 Å². The van der Waals surface area contributed by atoms with E-state index in [0.29, 0.717) is 11.9 Å². The number of hydrogen-bond donors (Lipinski definition) is 1. The third-order valence-electron chi connectivity index (χ3n) is 2.41. The van der Waals surface area contributed by atoms with Gasteiger partial charge in [-0.2, -0.15) is 0 Å². The summed E-state index contributed by atoms with van der Waals surface area (Å²) in [5, 5.41) is 0. The molecule has 2 heterocycles. The molecule has 1 aromatic rings. The molecular weight excluding hydrogens is 178 g/mol. The third-order valence-corrected chi connectivity index (χ3v) is 2.41. The summed E-state index contributed by atoms with van der Waals surface area (Å²) >= 11 is 0. The summed E-state index contributed by atoms with van der Waals surface area (Å²) in [5.74, 6) is 1.33. The van der Waals surface area contributed by atoms with Crippen LogP contribution in [0.25, 0.3) is 0 Å². The van der Waals surface area contributed by atoms with Crippen LogP contribution < -0.4 is 10.5 Å². The van der Waals surface area contributed by atoms with Crippen molar-refractivity contribution < 1.29 is 4.74 Å². The van der Waals surface area contributed by atoms with E-state index in [4.69, 9.17) is 10.5 Å². The minimum atomic E-state index is 0.297. The predicted octanol–water partition coefficient (Wildman–Crippen LogP) is 0.747. The lowest BCUT2D eigenvalue weighted by Gasteiger charge is -2.13. The Morgan fingerprint density at radius 2 is 2.43 bits per heavy atom. The molecule has 1 fully saturated rings. The van der Waals surface area contributed by atoms with Crippen LogP contribution in [0.5, 0.6) is 5.75 Å². The van der Waals surface area contributed by atoms with Gasteiger partial charge < -0.3 is 15.4 Å². The highest BCUT2D eigenvalue weighted by atomic mass is 16.5. The Morgan fingerprint density at radius 1 is 1.57 bits per heavy atom. The topological polar surface area (TPSA) is 51.4 Å². The highest BCUT2D eigenvalue weighted by Gasteiger charge is 2.20. The van der Waals surface area contributed by atoms with Gasteiger partial charge in [0.25, 0.3) is 0 Å². The number of rotatable bonds is 2. The van der Waals surface area contributed by atoms with Crippen LogP contribution in [0.4, 0.5) is 5.82 Å². The van der Waals surface area contributed by atoms with Crippen molar-refractivity contribution in [2.45, 2.75) is 12.5 Å². The highest BCUT2D eigenvalue weighted by Crippen LogP contribution is 2.17. The first-order valence-electron chi connectivity index (χ1n) is 4.81. The predicted molar refractivity (Wildman–Crippen MR) is 55.2 cm³/mol. The lowest BCUT2D eigenvalue weighted by molar-refractivity contribution is 0.207. The fourth-order valence-corrected chi connectivity index (χ4v) is 1.64. The molecule has 1 saturated heterocycles. The van der Waals surface area contributed by atoms with Gasteiger partial charge in [0, 0.05) is 13.1 Å². The van der Waals surface area contributed by atoms with E-state index in [1.807, 2.05) is 6.07 Å². The van der Waals surface area contributed by atoms with E-state index in [2.05, 4.69) is 16.9 Å². The van der Waals surface area contributed by atoms with Crippen LogP contribution in [-0.4, -0.2) is 36.1 Å². The van der Waals surface area contributed by atoms with Crippen molar-refractivity contribution in [1.29, 1.82) is 0 Å². The maximum atomic E-state index is 5.74. The zero-order valence-electron chi connectivity index (χ0n) is 8.31. The molecule has 1 unspecified atom stereocenters. The molecule has 2 N–H and O–H groups in total. The normalized spacial score (nSPS) is 22.5. The number of ether oxygens (including phenoxy) is 1. The van der Waals surface area contributed by atoms with Crippen molar-refractivity contribution in [2.24, 2.45) is 0 Å². The molecule has 1 atom stereocenters. The van der Waals surface area contributed by atoms with Gasteiger partial charge in [0.2, 0.25) is 0 Å². The molecule has 4 nitrogen and oxygen atoms in total. The fourth-order valence-electron chi connectivity index (χ4n) is 1.64. The summed E-state index contributed by atoms with van der Waals surface area (Å²) in [5.41, 5.74) is 5.48. The number of likely N-dealkylation sites (N-methyl/N-ethyl adjacent to an activating group) is 1. The van der Waals surface area contributed by atoms with Gasteiger partial charge >= 0.3 is 0 Å². The van der Waals surface area contributed by atoms with Crippen molar-refractivity contribution in [3.8, 4) is 5.75 Å². The van der Waals surface area contributed by atoms with E-state index < -0.39 is 0 Å². The fraction of sp³-hybridized carbons (Fsp3) is 0.500. The van der Waals surface area contributed by atoms with Crippen LogP contribution in [0, 0.1) is 0 Å². The molecule has 4 heteroatoms. The van der Waals surface area contributed by atoms with Crippen molar-refractivity contribution in [3.05, 3.63) is 18.3 Å². The lowest BCUT2D eigenvalue weighted by atomic mass is 10.3. The molecule has 14 heavy (non-hydrogen) atoms. The first kappa shape index (κ1) is 9.27. The Hall–Kier alpha value is -1.29. The first-order valence-corrected chi connectivity index (χ1v) is 4.81. The number of nitrogens with two attached hydrogens (primary N) is 1. The van der Waals surface area contributed by atoms with Crippen LogP contribution in [-0.2, 0) is 0 Å². The Balaban J connectivity index is 1.94. The molecule has 76 valence electrons. The molecule has 0 aliphatic carbocycles. The second kappa shape index (κ2) is 3.84. The number of anilines is 1. The van der Waals surface area contributed by atoms with Crippen LogP contribution in [0.1, 0.15) is 6.42 Å². The van der Waals surface area contributed by atoms with Crippen molar-refractivity contribution in [2.75, 3.05) is 25.9 Å². The molecule has 2 rings (SSSR count). The molecular formula is C10H15N3O. The number of aromatic nitrogens is 1. The number of likely N-dealkylation sites (tertiary alicyclic amines) is 1. The monoisotopic (exact) mass is 193 g/mol. The molecule has 0 aromatic carbocycles. The van der Waals surface area contributed by atoms with Crippen LogP contribution >= 0.6 is 0 Å². The standard InChI is InChI=1S/C10H15N3O/c1-13-5-4-9(7-13)14-8-2-3-10(11)12-6-8/h2-3,6,9H,4-5,7H2,1H3,(H2,11,12). The van der Waals surface area contributed by atoms with Gasteiger partial charge in [0.1, 0.15) is 17.7 Å². The summed E-state index contributed by atoms with van der Waals surface area (Å²) < 4.78 is 5.74. The van der Waals surface area contributed by atoms with E-state index in [9.17, 15) is 0 Å². The second-order valence-electron chi connectivity index (χ2n) is 3.71. The second-order valence-corrected chi connectivity index (χ2v) is 3.71. The lowest BCUT2D eigenvalue weighted by Crippen LogP contribution is -2.21. The van der Waals surface area contributed by atoms with Gasteiger partial charge in [-0.05, 0) is 25.6 Å². The Labute approximate surface area is 83.7 Å². The van der Waals surface area contributed by atoms with Gasteiger partial charge in [0.15, 0.2) is 0 Å². The molecule has 1 aliphatic rings. The van der Waals surface area contributed by atoms with Crippen molar-refractivity contribution >= 4 is 5.82 Å². The van der Waals surface area contributed by atoms with Crippen LogP contribution in [0.2, 0.25) is 0 Å². The maximum Gasteiger partial charge on any atom is 0.138 e. The maximum absolute atomic E-state index is 5.74. The van der Waals surface area contributed by atoms with Gasteiger partial charge in [-0.25, -0.2) is 4.98 Å². The first-order chi connectivity index (χ1) is 6.74. The third kappa shape index (κ3) is 2.14. The largest absolute Gasteiger partial charge is 0.487 e. The zero-order chi connectivity index (χ0) is 9.97. The number of nitrogen functional groups attached to an aromatic ring is 1. The average Bonchev–Trinajstić information content (AvgIpc) is 2.56. The van der Waals surface area contributed by atoms with E-state index in [1.54, 1.807) is 12.3 Å². The smallest absolute Gasteiger partial charge is 0.138 e. The summed E-state index contributed by atoms with van der Waals surface area (Å²) in [6.07, 6.45) is 3.06. The summed E-state index contributed by atoms with van der Waals surface area (Å²) in [6.45, 7) is 2.09. The van der Waals surface area contributed by atoms with E-state index in [0.717, 1.165) is 25.3 Å². The average molecular weight is 193 g/mol. The SMILES string of the molecule is CN1CCC(Oc2ccc(N)nc2)C1. The molecule has 0 amide bonds. The Morgan fingerprint density at radius 3 is 3.00 bits per heavy atom. The molecule has 0 saturated carbocycles. The van der Waals surface area contributed by atoms with E-state index >= 15 is 0 Å². The Bertz CT molecular complexity index is 299. The zero-order valence-corrected chi connectivity index (χ0v) is 8.31. The van der Waals surface area contributed by atoms with Crippen LogP contribution in [0.3, 0.4) is 0 Å². The summed E-state index contributed by atoms with van der Waals surface area (Å²) in [6, 6.07) is 3.62. The van der Waals surface area contributed by atoms with Gasteiger partial charge in [-0.15, -0.1) is 0 Å². The molecule has 0 bridgehead atoms. The van der Waals surface area contributed by atoms with Crippen LogP contribution in [0.15, 0.2) is 18.3 Å². The van der Waals surface area contributed by atoms with Gasteiger partial charge in [-0.1, -0.05) is 0 Å². The molecule has 1 aliphatic heterocycles. The van der Waals surface area contributed by atoms with Crippen molar-refractivity contribution in [3.63, 3.8) is 0 Å². The Kier molecular flexibility index (Phi) is 2.54. The molecule has 1 aromatic heterocycles. The molecule has 0 spiro atoms. The van der Waals surface area contributed by atoms with Gasteiger partial charge in [0.05, 0.1) is 6.20 Å². The number of pyridine rings is 1. The van der Waals surface area contributed by atoms with E-state index in [1.165, 1.54) is 0 Å². The quantitative estimate of drug-likeness (QED) is 0.753. The van der Waals surface area contributed by atoms with E-state index in [-0.39, 0.29) is 0 Å². The molecule has 0 radical (unpaired) electrons. The van der Waals surface area contributed by atoms with Crippen molar-refractivity contribution in [1.82, 2.24) is 9.88 Å². The highest BCUT2D eigenvalue weighted by molar-refractivity contribution is 5.32. The number of nitrogens with zero attached hydrogens (tertiary/aromatic N) is 2. The number of hydrogen-bond acceptors (Lipinski definition) is 4. The minimum Gasteiger partial charge on any atom is -0.487 e. The minimum absolute atomic E-state index is 0.297. The summed E-state index contributed by atoms with van der Waals surface area (Å²) in [4.78, 5) is 6.24.